The van der Waals surface area contributed by atoms with Crippen molar-refractivity contribution in [3.8, 4) is 0 Å². The number of hydrogen-bond acceptors (Lipinski definition) is 5. The Morgan fingerprint density at radius 2 is 1.94 bits per heavy atom. The lowest BCUT2D eigenvalue weighted by atomic mass is 10.2. The Hall–Kier alpha value is -1.53. The van der Waals surface area contributed by atoms with Gasteiger partial charge in [0.1, 0.15) is 0 Å². The smallest absolute Gasteiger partial charge is 0.232 e. The second-order valence-electron chi connectivity index (χ2n) is 3.13. The van der Waals surface area contributed by atoms with Crippen LogP contribution in [0.4, 0.5) is 0 Å². The lowest BCUT2D eigenvalue weighted by Gasteiger charge is -2.22. The van der Waals surface area contributed by atoms with Crippen LogP contribution in [-0.4, -0.2) is 21.3 Å². The number of hydrazone groups is 1. The van der Waals surface area contributed by atoms with E-state index in [1.165, 1.54) is 12.3 Å². The lowest BCUT2D eigenvalue weighted by Crippen LogP contribution is -2.39. The third-order valence-corrected chi connectivity index (χ3v) is 2.33. The van der Waals surface area contributed by atoms with Gasteiger partial charge < -0.3 is 5.11 Å². The van der Waals surface area contributed by atoms with Gasteiger partial charge in [0.25, 0.3) is 0 Å². The van der Waals surface area contributed by atoms with E-state index in [1.54, 1.807) is 30.6 Å². The fourth-order valence-corrected chi connectivity index (χ4v) is 1.36. The van der Waals surface area contributed by atoms with E-state index in [0.717, 1.165) is 4.47 Å². The van der Waals surface area contributed by atoms with Crippen LogP contribution in [0, 0.1) is 0 Å². The molecule has 1 aliphatic rings. The molecule has 82 valence electrons. The molecule has 0 fully saturated rings. The highest BCUT2D eigenvalue weighted by atomic mass is 79.9. The molecule has 2 heterocycles. The summed E-state index contributed by atoms with van der Waals surface area (Å²) in [6, 6.07) is 0. The summed E-state index contributed by atoms with van der Waals surface area (Å²) in [4.78, 5) is 8.05. The molecule has 0 aliphatic carbocycles. The van der Waals surface area contributed by atoms with Crippen molar-refractivity contribution in [1.29, 1.82) is 0 Å². The third-order valence-electron chi connectivity index (χ3n) is 1.92. The summed E-state index contributed by atoms with van der Waals surface area (Å²) < 4.78 is 0.748. The van der Waals surface area contributed by atoms with Crippen LogP contribution in [0.2, 0.25) is 0 Å². The molecule has 6 heteroatoms. The zero-order valence-corrected chi connectivity index (χ0v) is 9.79. The van der Waals surface area contributed by atoms with E-state index in [0.29, 0.717) is 0 Å². The van der Waals surface area contributed by atoms with Crippen molar-refractivity contribution in [3.63, 3.8) is 0 Å². The second kappa shape index (κ2) is 4.54. The van der Waals surface area contributed by atoms with Crippen LogP contribution in [0.25, 0.3) is 0 Å². The quantitative estimate of drug-likeness (QED) is 0.808. The molecular formula is C10H9BrN4O. The van der Waals surface area contributed by atoms with Gasteiger partial charge in [0, 0.05) is 18.6 Å². The number of allylic oxidation sites excluding steroid dienone is 3. The fourth-order valence-electron chi connectivity index (χ4n) is 1.16. The van der Waals surface area contributed by atoms with Gasteiger partial charge in [-0.1, -0.05) is 12.2 Å². The minimum Gasteiger partial charge on any atom is -0.360 e. The van der Waals surface area contributed by atoms with E-state index in [4.69, 9.17) is 0 Å². The molecule has 1 aromatic heterocycles. The van der Waals surface area contributed by atoms with Crippen molar-refractivity contribution in [2.24, 2.45) is 5.10 Å². The summed E-state index contributed by atoms with van der Waals surface area (Å²) in [6.45, 7) is 0. The summed E-state index contributed by atoms with van der Waals surface area (Å²) in [7, 11) is 0. The standard InChI is InChI=1S/C10H9BrN4O/c11-8-6-12-9(13-7-8)10(16)4-2-1-3-5-14-15-10/h1-7,15-16H/b3-1-,4-2-,14-5-. The second-order valence-corrected chi connectivity index (χ2v) is 4.04. The van der Waals surface area contributed by atoms with Gasteiger partial charge in [-0.15, -0.1) is 0 Å². The van der Waals surface area contributed by atoms with Gasteiger partial charge in [0.15, 0.2) is 5.82 Å². The molecule has 2 N–H and O–H groups in total. The fraction of sp³-hybridized carbons (Fsp3) is 0.100. The molecule has 0 saturated heterocycles. The van der Waals surface area contributed by atoms with Crippen LogP contribution in [-0.2, 0) is 5.72 Å². The predicted molar refractivity (Wildman–Crippen MR) is 63.5 cm³/mol. The average Bonchev–Trinajstić information content (AvgIpc) is 2.25. The van der Waals surface area contributed by atoms with Crippen LogP contribution in [0.3, 0.4) is 0 Å². The van der Waals surface area contributed by atoms with Crippen molar-refractivity contribution in [3.05, 3.63) is 47.0 Å². The molecule has 0 saturated carbocycles. The summed E-state index contributed by atoms with van der Waals surface area (Å²) >= 11 is 3.23. The number of aromatic nitrogens is 2. The minimum absolute atomic E-state index is 0.236. The maximum Gasteiger partial charge on any atom is 0.232 e. The number of hydrogen-bond donors (Lipinski definition) is 2. The topological polar surface area (TPSA) is 70.4 Å². The van der Waals surface area contributed by atoms with Gasteiger partial charge in [0.2, 0.25) is 5.72 Å². The number of rotatable bonds is 1. The number of aliphatic hydroxyl groups is 1. The van der Waals surface area contributed by atoms with E-state index >= 15 is 0 Å². The third kappa shape index (κ3) is 2.34. The van der Waals surface area contributed by atoms with Gasteiger partial charge in [-0.25, -0.2) is 9.97 Å². The molecule has 1 aromatic rings. The Kier molecular flexibility index (Phi) is 3.12. The molecule has 16 heavy (non-hydrogen) atoms. The Bertz CT molecular complexity index is 454. The van der Waals surface area contributed by atoms with Gasteiger partial charge in [0.05, 0.1) is 4.47 Å². The molecule has 0 spiro atoms. The van der Waals surface area contributed by atoms with Crippen LogP contribution in [0.1, 0.15) is 5.82 Å². The molecular weight excluding hydrogens is 272 g/mol. The Morgan fingerprint density at radius 1 is 1.19 bits per heavy atom. The van der Waals surface area contributed by atoms with Gasteiger partial charge in [-0.2, -0.15) is 5.10 Å². The van der Waals surface area contributed by atoms with E-state index in [2.05, 4.69) is 36.4 Å². The molecule has 0 amide bonds. The minimum atomic E-state index is -1.48. The van der Waals surface area contributed by atoms with E-state index in [9.17, 15) is 5.11 Å². The van der Waals surface area contributed by atoms with Crippen molar-refractivity contribution in [2.45, 2.75) is 5.72 Å². The monoisotopic (exact) mass is 280 g/mol. The number of nitrogens with zero attached hydrogens (tertiary/aromatic N) is 3. The van der Waals surface area contributed by atoms with Gasteiger partial charge in [-0.3, -0.25) is 5.43 Å². The summed E-state index contributed by atoms with van der Waals surface area (Å²) in [5, 5.41) is 14.1. The van der Waals surface area contributed by atoms with E-state index in [-0.39, 0.29) is 5.82 Å². The highest BCUT2D eigenvalue weighted by molar-refractivity contribution is 9.10. The number of halogens is 1. The lowest BCUT2D eigenvalue weighted by molar-refractivity contribution is 0.0435. The van der Waals surface area contributed by atoms with E-state index < -0.39 is 5.72 Å². The molecule has 1 aliphatic heterocycles. The van der Waals surface area contributed by atoms with Crippen molar-refractivity contribution in [1.82, 2.24) is 15.4 Å². The average molecular weight is 281 g/mol. The molecule has 0 radical (unpaired) electrons. The summed E-state index contributed by atoms with van der Waals surface area (Å²) in [5.41, 5.74) is 1.10. The summed E-state index contributed by atoms with van der Waals surface area (Å²) in [6.07, 6.45) is 11.4. The van der Waals surface area contributed by atoms with Crippen LogP contribution in [0.5, 0.6) is 0 Å². The molecule has 1 unspecified atom stereocenters. The highest BCUT2D eigenvalue weighted by Gasteiger charge is 2.28. The SMILES string of the molecule is OC1(c2ncc(Br)cn2)\C=C/C=C\C=N/N1. The van der Waals surface area contributed by atoms with Gasteiger partial charge in [-0.05, 0) is 28.1 Å². The van der Waals surface area contributed by atoms with Gasteiger partial charge >= 0.3 is 0 Å². The molecule has 0 aromatic carbocycles. The maximum absolute atomic E-state index is 10.3. The van der Waals surface area contributed by atoms with Crippen molar-refractivity contribution >= 4 is 22.1 Å². The summed E-state index contributed by atoms with van der Waals surface area (Å²) in [5.74, 6) is 0.236. The van der Waals surface area contributed by atoms with Crippen molar-refractivity contribution < 1.29 is 5.11 Å². The van der Waals surface area contributed by atoms with Crippen LogP contribution < -0.4 is 5.43 Å². The normalized spacial score (nSPS) is 29.6. The van der Waals surface area contributed by atoms with E-state index in [1.807, 2.05) is 0 Å². The zero-order valence-electron chi connectivity index (χ0n) is 8.21. The number of nitrogens with one attached hydrogen (secondary N) is 1. The van der Waals surface area contributed by atoms with Crippen LogP contribution in [0.15, 0.2) is 46.3 Å². The Morgan fingerprint density at radius 3 is 2.69 bits per heavy atom. The first kappa shape index (κ1) is 11.0. The maximum atomic E-state index is 10.3. The molecule has 1 atom stereocenters. The molecule has 2 rings (SSSR count). The Labute approximate surface area is 101 Å². The first-order valence-electron chi connectivity index (χ1n) is 4.56. The predicted octanol–water partition coefficient (Wildman–Crippen LogP) is 1.09. The van der Waals surface area contributed by atoms with Crippen molar-refractivity contribution in [2.75, 3.05) is 0 Å². The largest absolute Gasteiger partial charge is 0.360 e. The Balaban J connectivity index is 2.36. The molecule has 0 bridgehead atoms. The van der Waals surface area contributed by atoms with Crippen LogP contribution >= 0.6 is 15.9 Å². The highest BCUT2D eigenvalue weighted by Crippen LogP contribution is 2.17. The molecule has 5 nitrogen and oxygen atoms in total. The first-order valence-corrected chi connectivity index (χ1v) is 5.35. The first-order chi connectivity index (χ1) is 7.71. The zero-order chi connectivity index (χ0) is 11.4.